The highest BCUT2D eigenvalue weighted by Crippen LogP contribution is 2.40. The number of alkyl halides is 1. The summed E-state index contributed by atoms with van der Waals surface area (Å²) in [6.45, 7) is 0. The van der Waals surface area contributed by atoms with Gasteiger partial charge in [0.25, 0.3) is 0 Å². The van der Waals surface area contributed by atoms with Crippen LogP contribution >= 0.6 is 46.1 Å². The van der Waals surface area contributed by atoms with Crippen molar-refractivity contribution in [1.29, 1.82) is 0 Å². The number of hydrogen-bond acceptors (Lipinski definition) is 3. The Labute approximate surface area is 113 Å². The first kappa shape index (κ1) is 12.9. The van der Waals surface area contributed by atoms with Crippen molar-refractivity contribution >= 4 is 56.2 Å². The topological polar surface area (TPSA) is 46.2 Å². The summed E-state index contributed by atoms with van der Waals surface area (Å²) < 4.78 is 27.0. The Kier molecular flexibility index (Phi) is 3.47. The van der Waals surface area contributed by atoms with E-state index in [9.17, 15) is 8.42 Å². The Morgan fingerprint density at radius 3 is 2.44 bits per heavy atom. The molecular weight excluding hydrogens is 313 g/mol. The van der Waals surface area contributed by atoms with Crippen LogP contribution in [0.25, 0.3) is 0 Å². The first-order valence-corrected chi connectivity index (χ1v) is 8.02. The molecule has 0 radical (unpaired) electrons. The summed E-state index contributed by atoms with van der Waals surface area (Å²) in [6, 6.07) is 1.35. The third-order valence-electron chi connectivity index (χ3n) is 2.38. The van der Waals surface area contributed by atoms with Gasteiger partial charge in [-0.15, -0.1) is 22.9 Å². The van der Waals surface area contributed by atoms with Gasteiger partial charge in [0.15, 0.2) is 0 Å². The van der Waals surface area contributed by atoms with E-state index in [-0.39, 0.29) is 15.1 Å². The van der Waals surface area contributed by atoms with Crippen molar-refractivity contribution in [2.24, 2.45) is 0 Å². The van der Waals surface area contributed by atoms with Crippen LogP contribution in [0.2, 0.25) is 8.67 Å². The second kappa shape index (κ2) is 4.30. The van der Waals surface area contributed by atoms with Gasteiger partial charge in [0, 0.05) is 11.4 Å². The molecule has 1 aliphatic rings. The average molecular weight is 321 g/mol. The van der Waals surface area contributed by atoms with Crippen LogP contribution in [-0.2, 0) is 10.0 Å². The smallest absolute Gasteiger partial charge is 0.207 e. The zero-order valence-corrected chi connectivity index (χ0v) is 11.9. The molecule has 8 heteroatoms. The molecule has 1 fully saturated rings. The zero-order valence-electron chi connectivity index (χ0n) is 7.97. The predicted molar refractivity (Wildman–Crippen MR) is 67.3 cm³/mol. The summed E-state index contributed by atoms with van der Waals surface area (Å²) in [6.07, 6.45) is 1.51. The number of halogens is 3. The predicted octanol–water partition coefficient (Wildman–Crippen LogP) is 3.10. The van der Waals surface area contributed by atoms with Crippen LogP contribution in [0, 0.1) is 0 Å². The number of nitrogens with one attached hydrogen (secondary N) is 1. The Morgan fingerprint density at radius 1 is 1.44 bits per heavy atom. The Morgan fingerprint density at radius 2 is 2.06 bits per heavy atom. The van der Waals surface area contributed by atoms with Gasteiger partial charge in [-0.05, 0) is 18.9 Å². The van der Waals surface area contributed by atoms with E-state index in [1.54, 1.807) is 0 Å². The summed E-state index contributed by atoms with van der Waals surface area (Å²) in [4.78, 5) is 0.0283. The van der Waals surface area contributed by atoms with Gasteiger partial charge in [0.05, 0.1) is 4.34 Å². The van der Waals surface area contributed by atoms with Crippen LogP contribution in [0.5, 0.6) is 0 Å². The van der Waals surface area contributed by atoms with Crippen molar-refractivity contribution in [3.63, 3.8) is 0 Å². The summed E-state index contributed by atoms with van der Waals surface area (Å²) in [5.41, 5.74) is -0.488. The van der Waals surface area contributed by atoms with Crippen LogP contribution in [0.15, 0.2) is 11.0 Å². The van der Waals surface area contributed by atoms with Gasteiger partial charge in [-0.25, -0.2) is 13.1 Å². The highest BCUT2D eigenvalue weighted by molar-refractivity contribution is 7.89. The third-order valence-corrected chi connectivity index (χ3v) is 6.22. The first-order valence-electron chi connectivity index (χ1n) is 4.43. The molecule has 1 aliphatic carbocycles. The van der Waals surface area contributed by atoms with E-state index >= 15 is 0 Å². The molecule has 0 aliphatic heterocycles. The maximum absolute atomic E-state index is 12.0. The number of rotatable bonds is 4. The lowest BCUT2D eigenvalue weighted by Crippen LogP contribution is -2.38. The minimum atomic E-state index is -3.62. The SMILES string of the molecule is O=S(=O)(NC1(CCl)CC1)c1cc(Cl)sc1Cl. The Bertz CT molecular complexity index is 507. The van der Waals surface area contributed by atoms with Gasteiger partial charge in [-0.3, -0.25) is 0 Å². The third kappa shape index (κ3) is 2.49. The van der Waals surface area contributed by atoms with Crippen molar-refractivity contribution in [3.05, 3.63) is 14.7 Å². The first-order chi connectivity index (χ1) is 7.38. The van der Waals surface area contributed by atoms with Crippen LogP contribution in [0.4, 0.5) is 0 Å². The number of thiophene rings is 1. The summed E-state index contributed by atoms with van der Waals surface area (Å²) >= 11 is 18.3. The standard InChI is InChI=1S/C8H8Cl3NO2S2/c9-4-8(1-2-8)12-16(13,14)5-3-6(10)15-7(5)11/h3,12H,1-2,4H2. The summed E-state index contributed by atoms with van der Waals surface area (Å²) in [5, 5.41) is 0. The lowest BCUT2D eigenvalue weighted by atomic mass is 10.4. The molecule has 1 heterocycles. The molecule has 0 saturated heterocycles. The lowest BCUT2D eigenvalue weighted by Gasteiger charge is -2.13. The van der Waals surface area contributed by atoms with Gasteiger partial charge in [0.1, 0.15) is 9.23 Å². The molecule has 0 unspecified atom stereocenters. The zero-order chi connectivity index (χ0) is 12.0. The summed E-state index contributed by atoms with van der Waals surface area (Å²) in [7, 11) is -3.62. The molecule has 1 saturated carbocycles. The molecule has 0 bridgehead atoms. The monoisotopic (exact) mass is 319 g/mol. The van der Waals surface area contributed by atoms with E-state index in [1.165, 1.54) is 6.07 Å². The fourth-order valence-corrected chi connectivity index (χ4v) is 5.28. The fourth-order valence-electron chi connectivity index (χ4n) is 1.26. The summed E-state index contributed by atoms with van der Waals surface area (Å²) in [5.74, 6) is 0.266. The van der Waals surface area contributed by atoms with Crippen LogP contribution < -0.4 is 4.72 Å². The molecule has 0 spiro atoms. The van der Waals surface area contributed by atoms with Crippen LogP contribution in [0.1, 0.15) is 12.8 Å². The van der Waals surface area contributed by atoms with Gasteiger partial charge in [-0.1, -0.05) is 23.2 Å². The van der Waals surface area contributed by atoms with Crippen molar-refractivity contribution < 1.29 is 8.42 Å². The van der Waals surface area contributed by atoms with E-state index in [4.69, 9.17) is 34.8 Å². The quantitative estimate of drug-likeness (QED) is 0.867. The second-order valence-electron chi connectivity index (χ2n) is 3.71. The minimum Gasteiger partial charge on any atom is -0.207 e. The molecule has 1 aromatic rings. The normalized spacial score (nSPS) is 18.7. The van der Waals surface area contributed by atoms with Gasteiger partial charge >= 0.3 is 0 Å². The number of hydrogen-bond donors (Lipinski definition) is 1. The van der Waals surface area contributed by atoms with Gasteiger partial charge in [-0.2, -0.15) is 0 Å². The van der Waals surface area contributed by atoms with E-state index in [2.05, 4.69) is 4.72 Å². The van der Waals surface area contributed by atoms with Crippen molar-refractivity contribution in [2.75, 3.05) is 5.88 Å². The minimum absolute atomic E-state index is 0.0283. The highest BCUT2D eigenvalue weighted by atomic mass is 35.5. The molecule has 90 valence electrons. The van der Waals surface area contributed by atoms with Crippen LogP contribution in [-0.4, -0.2) is 19.8 Å². The second-order valence-corrected chi connectivity index (χ2v) is 7.91. The van der Waals surface area contributed by atoms with E-state index in [0.717, 1.165) is 24.2 Å². The van der Waals surface area contributed by atoms with Gasteiger partial charge < -0.3 is 0 Å². The van der Waals surface area contributed by atoms with E-state index < -0.39 is 15.6 Å². The van der Waals surface area contributed by atoms with Crippen molar-refractivity contribution in [2.45, 2.75) is 23.3 Å². The fraction of sp³-hybridized carbons (Fsp3) is 0.500. The largest absolute Gasteiger partial charge is 0.243 e. The molecular formula is C8H8Cl3NO2S2. The molecule has 1 aromatic heterocycles. The molecule has 3 nitrogen and oxygen atoms in total. The van der Waals surface area contributed by atoms with Crippen molar-refractivity contribution in [1.82, 2.24) is 4.72 Å². The molecule has 16 heavy (non-hydrogen) atoms. The Hall–Kier alpha value is 0.480. The molecule has 0 aromatic carbocycles. The maximum Gasteiger partial charge on any atom is 0.243 e. The molecule has 2 rings (SSSR count). The Balaban J connectivity index is 2.29. The van der Waals surface area contributed by atoms with E-state index in [1.807, 2.05) is 0 Å². The number of sulfonamides is 1. The van der Waals surface area contributed by atoms with E-state index in [0.29, 0.717) is 4.34 Å². The maximum atomic E-state index is 12.0. The molecule has 0 amide bonds. The molecule has 0 atom stereocenters. The lowest BCUT2D eigenvalue weighted by molar-refractivity contribution is 0.560. The average Bonchev–Trinajstić information content (AvgIpc) is 2.85. The van der Waals surface area contributed by atoms with Crippen LogP contribution in [0.3, 0.4) is 0 Å². The van der Waals surface area contributed by atoms with Gasteiger partial charge in [0.2, 0.25) is 10.0 Å². The molecule has 1 N–H and O–H groups in total. The highest BCUT2D eigenvalue weighted by Gasteiger charge is 2.45. The van der Waals surface area contributed by atoms with Crippen molar-refractivity contribution in [3.8, 4) is 0 Å².